The summed E-state index contributed by atoms with van der Waals surface area (Å²) in [4.78, 5) is 16.6. The van der Waals surface area contributed by atoms with E-state index in [-0.39, 0.29) is 11.9 Å². The Balaban J connectivity index is 2.42. The van der Waals surface area contributed by atoms with Gasteiger partial charge in [0.25, 0.3) is 0 Å². The van der Waals surface area contributed by atoms with Gasteiger partial charge in [0.2, 0.25) is 5.91 Å². The van der Waals surface area contributed by atoms with Crippen molar-refractivity contribution >= 4 is 5.91 Å². The lowest BCUT2D eigenvalue weighted by Crippen LogP contribution is -2.48. The Kier molecular flexibility index (Phi) is 6.27. The molecule has 2 N–H and O–H groups in total. The second-order valence-electron chi connectivity index (χ2n) is 6.48. The number of hydrogen-bond acceptors (Lipinski definition) is 3. The van der Waals surface area contributed by atoms with Gasteiger partial charge in [0, 0.05) is 44.7 Å². The van der Waals surface area contributed by atoms with E-state index < -0.39 is 0 Å². The zero-order chi connectivity index (χ0) is 14.6. The van der Waals surface area contributed by atoms with E-state index in [2.05, 4.69) is 32.6 Å². The molecule has 1 aliphatic rings. The summed E-state index contributed by atoms with van der Waals surface area (Å²) in [5, 5.41) is 0. The first-order valence-electron chi connectivity index (χ1n) is 7.58. The molecule has 1 atom stereocenters. The lowest BCUT2D eigenvalue weighted by atomic mass is 9.99. The van der Waals surface area contributed by atoms with Crippen molar-refractivity contribution in [2.24, 2.45) is 11.7 Å². The fraction of sp³-hybridized carbons (Fsp3) is 0.933. The van der Waals surface area contributed by atoms with Crippen LogP contribution in [0, 0.1) is 5.92 Å². The van der Waals surface area contributed by atoms with Crippen molar-refractivity contribution in [2.45, 2.75) is 65.1 Å². The predicted molar refractivity (Wildman–Crippen MR) is 79.9 cm³/mol. The third-order valence-corrected chi connectivity index (χ3v) is 4.44. The van der Waals surface area contributed by atoms with Crippen molar-refractivity contribution in [3.63, 3.8) is 0 Å². The Morgan fingerprint density at radius 3 is 2.21 bits per heavy atom. The van der Waals surface area contributed by atoms with Crippen LogP contribution in [0.3, 0.4) is 0 Å². The lowest BCUT2D eigenvalue weighted by Gasteiger charge is -2.38. The maximum atomic E-state index is 12.2. The van der Waals surface area contributed by atoms with Gasteiger partial charge in [0.15, 0.2) is 0 Å². The molecule has 4 heteroatoms. The third-order valence-electron chi connectivity index (χ3n) is 4.44. The number of amides is 1. The van der Waals surface area contributed by atoms with Crippen molar-refractivity contribution < 1.29 is 4.79 Å². The number of hydrogen-bond donors (Lipinski definition) is 1. The minimum atomic E-state index is -0.0225. The molecule has 1 unspecified atom stereocenters. The summed E-state index contributed by atoms with van der Waals surface area (Å²) in [6, 6.07) is 0.976. The van der Waals surface area contributed by atoms with Crippen LogP contribution in [0.5, 0.6) is 0 Å². The maximum absolute atomic E-state index is 12.2. The van der Waals surface area contributed by atoms with Crippen molar-refractivity contribution in [1.82, 2.24) is 9.80 Å². The summed E-state index contributed by atoms with van der Waals surface area (Å²) in [5.41, 5.74) is 5.99. The highest BCUT2D eigenvalue weighted by Crippen LogP contribution is 2.18. The monoisotopic (exact) mass is 269 g/mol. The first kappa shape index (κ1) is 16.4. The molecule has 1 rings (SSSR count). The van der Waals surface area contributed by atoms with Crippen LogP contribution in [-0.2, 0) is 4.79 Å². The minimum absolute atomic E-state index is 0.0225. The van der Waals surface area contributed by atoms with Crippen molar-refractivity contribution in [1.29, 1.82) is 0 Å². The van der Waals surface area contributed by atoms with E-state index in [0.29, 0.717) is 24.4 Å². The molecular formula is C15H31N3O. The van der Waals surface area contributed by atoms with E-state index in [1.807, 2.05) is 11.9 Å². The Morgan fingerprint density at radius 2 is 1.79 bits per heavy atom. The summed E-state index contributed by atoms with van der Waals surface area (Å²) >= 11 is 0. The van der Waals surface area contributed by atoms with Crippen LogP contribution in [0.4, 0.5) is 0 Å². The van der Waals surface area contributed by atoms with E-state index in [9.17, 15) is 4.79 Å². The molecule has 0 bridgehead atoms. The Bertz CT molecular complexity index is 283. The fourth-order valence-corrected chi connectivity index (χ4v) is 2.57. The van der Waals surface area contributed by atoms with Crippen LogP contribution in [-0.4, -0.2) is 54.0 Å². The van der Waals surface area contributed by atoms with Crippen LogP contribution in [0.2, 0.25) is 0 Å². The number of likely N-dealkylation sites (tertiary alicyclic amines) is 1. The van der Waals surface area contributed by atoms with Gasteiger partial charge in [-0.15, -0.1) is 0 Å². The van der Waals surface area contributed by atoms with Crippen molar-refractivity contribution in [3.8, 4) is 0 Å². The summed E-state index contributed by atoms with van der Waals surface area (Å²) in [5.74, 6) is 0.560. The molecule has 1 saturated heterocycles. The van der Waals surface area contributed by atoms with Gasteiger partial charge in [-0.1, -0.05) is 13.8 Å². The average Bonchev–Trinajstić information content (AvgIpc) is 2.37. The molecule has 0 radical (unpaired) electrons. The second-order valence-corrected chi connectivity index (χ2v) is 6.48. The first-order valence-corrected chi connectivity index (χ1v) is 7.58. The molecule has 0 aromatic rings. The van der Waals surface area contributed by atoms with Crippen LogP contribution in [0.1, 0.15) is 47.0 Å². The van der Waals surface area contributed by atoms with E-state index in [1.54, 1.807) is 0 Å². The Morgan fingerprint density at radius 1 is 1.26 bits per heavy atom. The highest BCUT2D eigenvalue weighted by molar-refractivity contribution is 5.76. The number of nitrogens with two attached hydrogens (primary N) is 1. The first-order chi connectivity index (χ1) is 8.82. The van der Waals surface area contributed by atoms with Gasteiger partial charge in [-0.05, 0) is 32.6 Å². The number of carbonyl (C=O) groups excluding carboxylic acids is 1. The zero-order valence-electron chi connectivity index (χ0n) is 13.2. The van der Waals surface area contributed by atoms with Crippen LogP contribution >= 0.6 is 0 Å². The van der Waals surface area contributed by atoms with E-state index in [4.69, 9.17) is 5.73 Å². The quantitative estimate of drug-likeness (QED) is 0.826. The maximum Gasteiger partial charge on any atom is 0.224 e. The SMILES string of the molecule is CC(C)C(N)CC(=O)N(C)C1CCN(C(C)C)CC1. The molecular weight excluding hydrogens is 238 g/mol. The molecule has 1 fully saturated rings. The van der Waals surface area contributed by atoms with Gasteiger partial charge in [0.05, 0.1) is 0 Å². The largest absolute Gasteiger partial charge is 0.343 e. The van der Waals surface area contributed by atoms with Gasteiger partial charge >= 0.3 is 0 Å². The van der Waals surface area contributed by atoms with Crippen molar-refractivity contribution in [3.05, 3.63) is 0 Å². The molecule has 0 aromatic carbocycles. The van der Waals surface area contributed by atoms with Crippen LogP contribution in [0.25, 0.3) is 0 Å². The molecule has 4 nitrogen and oxygen atoms in total. The number of carbonyl (C=O) groups is 1. The van der Waals surface area contributed by atoms with E-state index in [1.165, 1.54) is 0 Å². The Labute approximate surface area is 118 Å². The lowest BCUT2D eigenvalue weighted by molar-refractivity contribution is -0.133. The summed E-state index contributed by atoms with van der Waals surface area (Å²) < 4.78 is 0. The molecule has 112 valence electrons. The smallest absolute Gasteiger partial charge is 0.224 e. The molecule has 19 heavy (non-hydrogen) atoms. The highest BCUT2D eigenvalue weighted by atomic mass is 16.2. The summed E-state index contributed by atoms with van der Waals surface area (Å²) in [6.45, 7) is 10.8. The van der Waals surface area contributed by atoms with E-state index >= 15 is 0 Å². The van der Waals surface area contributed by atoms with Gasteiger partial charge < -0.3 is 15.5 Å². The van der Waals surface area contributed by atoms with Gasteiger partial charge in [-0.2, -0.15) is 0 Å². The van der Waals surface area contributed by atoms with Gasteiger partial charge in [-0.3, -0.25) is 4.79 Å². The second kappa shape index (κ2) is 7.25. The average molecular weight is 269 g/mol. The minimum Gasteiger partial charge on any atom is -0.343 e. The standard InChI is InChI=1S/C15H31N3O/c1-11(2)14(16)10-15(19)17(5)13-6-8-18(9-7-13)12(3)4/h11-14H,6-10,16H2,1-5H3. The normalized spacial score (nSPS) is 20.0. The van der Waals surface area contributed by atoms with Gasteiger partial charge in [0.1, 0.15) is 0 Å². The van der Waals surface area contributed by atoms with Crippen molar-refractivity contribution in [2.75, 3.05) is 20.1 Å². The van der Waals surface area contributed by atoms with Crippen LogP contribution < -0.4 is 5.73 Å². The molecule has 1 aliphatic heterocycles. The molecule has 0 aliphatic carbocycles. The molecule has 1 heterocycles. The molecule has 0 aromatic heterocycles. The molecule has 1 amide bonds. The third kappa shape index (κ3) is 4.77. The van der Waals surface area contributed by atoms with Gasteiger partial charge in [-0.25, -0.2) is 0 Å². The number of piperidine rings is 1. The molecule has 0 spiro atoms. The van der Waals surface area contributed by atoms with Crippen LogP contribution in [0.15, 0.2) is 0 Å². The van der Waals surface area contributed by atoms with E-state index in [0.717, 1.165) is 25.9 Å². The highest BCUT2D eigenvalue weighted by Gasteiger charge is 2.27. The predicted octanol–water partition coefficient (Wildman–Crippen LogP) is 1.69. The molecule has 0 saturated carbocycles. The summed E-state index contributed by atoms with van der Waals surface area (Å²) in [7, 11) is 1.94. The Hall–Kier alpha value is -0.610. The number of rotatable bonds is 5. The fourth-order valence-electron chi connectivity index (χ4n) is 2.57. The summed E-state index contributed by atoms with van der Waals surface area (Å²) in [6.07, 6.45) is 2.63. The topological polar surface area (TPSA) is 49.6 Å². The number of nitrogens with zero attached hydrogens (tertiary/aromatic N) is 2. The zero-order valence-corrected chi connectivity index (χ0v) is 13.2.